The standard InChI is InChI=1S/C16H22N2O3S3/c1-4-13-9-12-10-14(23-16(12)22-13)15(19)17-5-7-18(8-6-17)24(20,21)11(2)3/h9-11H,4-8H2,1-3H3. The second-order valence-corrected chi connectivity index (χ2v) is 11.1. The first kappa shape index (κ1) is 17.8. The van der Waals surface area contributed by atoms with E-state index in [2.05, 4.69) is 13.0 Å². The van der Waals surface area contributed by atoms with Crippen molar-refractivity contribution < 1.29 is 13.2 Å². The molecule has 1 fully saturated rings. The lowest BCUT2D eigenvalue weighted by molar-refractivity contribution is 0.0702. The first-order valence-electron chi connectivity index (χ1n) is 8.13. The number of aryl methyl sites for hydroxylation is 1. The summed E-state index contributed by atoms with van der Waals surface area (Å²) in [4.78, 5) is 16.5. The Hall–Kier alpha value is -0.960. The average Bonchev–Trinajstić information content (AvgIpc) is 3.12. The van der Waals surface area contributed by atoms with Crippen molar-refractivity contribution in [3.8, 4) is 0 Å². The minimum atomic E-state index is -3.23. The topological polar surface area (TPSA) is 57.7 Å². The van der Waals surface area contributed by atoms with Gasteiger partial charge >= 0.3 is 0 Å². The van der Waals surface area contributed by atoms with Gasteiger partial charge in [0.2, 0.25) is 10.0 Å². The van der Waals surface area contributed by atoms with E-state index in [0.29, 0.717) is 26.2 Å². The van der Waals surface area contributed by atoms with Gasteiger partial charge in [0, 0.05) is 36.4 Å². The summed E-state index contributed by atoms with van der Waals surface area (Å²) in [6.07, 6.45) is 1.02. The van der Waals surface area contributed by atoms with Gasteiger partial charge in [-0.25, -0.2) is 8.42 Å². The van der Waals surface area contributed by atoms with Crippen LogP contribution in [0.2, 0.25) is 0 Å². The van der Waals surface area contributed by atoms with E-state index in [1.807, 2.05) is 6.07 Å². The van der Waals surface area contributed by atoms with Crippen molar-refractivity contribution in [2.75, 3.05) is 26.2 Å². The zero-order chi connectivity index (χ0) is 17.5. The summed E-state index contributed by atoms with van der Waals surface area (Å²) in [6, 6.07) is 4.12. The Morgan fingerprint density at radius 1 is 1.17 bits per heavy atom. The molecule has 0 N–H and O–H groups in total. The van der Waals surface area contributed by atoms with Crippen molar-refractivity contribution in [2.45, 2.75) is 32.4 Å². The SMILES string of the molecule is CCc1cc2cc(C(=O)N3CCN(S(=O)(=O)C(C)C)CC3)sc2s1. The zero-order valence-corrected chi connectivity index (χ0v) is 16.6. The number of fused-ring (bicyclic) bond motifs is 1. The highest BCUT2D eigenvalue weighted by Gasteiger charge is 2.31. The van der Waals surface area contributed by atoms with Gasteiger partial charge in [0.1, 0.15) is 0 Å². The number of amides is 1. The molecule has 3 rings (SSSR count). The molecule has 1 amide bonds. The number of piperazine rings is 1. The van der Waals surface area contributed by atoms with Crippen molar-refractivity contribution >= 4 is 48.0 Å². The summed E-state index contributed by atoms with van der Waals surface area (Å²) >= 11 is 3.29. The largest absolute Gasteiger partial charge is 0.335 e. The van der Waals surface area contributed by atoms with Crippen LogP contribution in [0.1, 0.15) is 35.3 Å². The molecule has 24 heavy (non-hydrogen) atoms. The van der Waals surface area contributed by atoms with E-state index in [0.717, 1.165) is 16.7 Å². The van der Waals surface area contributed by atoms with E-state index in [9.17, 15) is 13.2 Å². The minimum absolute atomic E-state index is 0.0167. The summed E-state index contributed by atoms with van der Waals surface area (Å²) in [5.41, 5.74) is 0. The molecule has 0 bridgehead atoms. The van der Waals surface area contributed by atoms with Gasteiger partial charge in [-0.1, -0.05) is 6.92 Å². The third kappa shape index (κ3) is 3.24. The fraction of sp³-hybridized carbons (Fsp3) is 0.562. The molecule has 1 aliphatic rings. The van der Waals surface area contributed by atoms with Crippen molar-refractivity contribution in [1.82, 2.24) is 9.21 Å². The molecule has 0 saturated carbocycles. The monoisotopic (exact) mass is 386 g/mol. The maximum atomic E-state index is 12.7. The molecule has 0 aliphatic carbocycles. The molecule has 132 valence electrons. The van der Waals surface area contributed by atoms with Crippen LogP contribution in [0.4, 0.5) is 0 Å². The highest BCUT2D eigenvalue weighted by molar-refractivity contribution is 7.89. The molecular weight excluding hydrogens is 364 g/mol. The zero-order valence-electron chi connectivity index (χ0n) is 14.1. The predicted molar refractivity (Wildman–Crippen MR) is 101 cm³/mol. The van der Waals surface area contributed by atoms with E-state index in [1.54, 1.807) is 41.4 Å². The second-order valence-electron chi connectivity index (χ2n) is 6.20. The minimum Gasteiger partial charge on any atom is -0.335 e. The van der Waals surface area contributed by atoms with Gasteiger partial charge in [-0.2, -0.15) is 4.31 Å². The Morgan fingerprint density at radius 3 is 2.38 bits per heavy atom. The smallest absolute Gasteiger partial charge is 0.264 e. The van der Waals surface area contributed by atoms with Gasteiger partial charge in [-0.15, -0.1) is 22.7 Å². The molecule has 5 nitrogen and oxygen atoms in total. The quantitative estimate of drug-likeness (QED) is 0.812. The number of hydrogen-bond acceptors (Lipinski definition) is 5. The molecule has 0 spiro atoms. The lowest BCUT2D eigenvalue weighted by Gasteiger charge is -2.34. The molecule has 0 atom stereocenters. The Labute approximate surface area is 150 Å². The molecule has 1 aliphatic heterocycles. The lowest BCUT2D eigenvalue weighted by atomic mass is 10.3. The summed E-state index contributed by atoms with van der Waals surface area (Å²) in [5.74, 6) is 0.0167. The molecule has 8 heteroatoms. The Kier molecular flexibility index (Phi) is 5.01. The van der Waals surface area contributed by atoms with Crippen LogP contribution < -0.4 is 0 Å². The van der Waals surface area contributed by atoms with Gasteiger partial charge in [0.05, 0.1) is 14.1 Å². The number of nitrogens with zero attached hydrogens (tertiary/aromatic N) is 2. The van der Waals surface area contributed by atoms with E-state index in [1.165, 1.54) is 13.2 Å². The van der Waals surface area contributed by atoms with Crippen LogP contribution in [0.5, 0.6) is 0 Å². The normalized spacial score (nSPS) is 17.1. The van der Waals surface area contributed by atoms with Crippen molar-refractivity contribution in [1.29, 1.82) is 0 Å². The second kappa shape index (κ2) is 6.74. The van der Waals surface area contributed by atoms with Gasteiger partial charge in [-0.3, -0.25) is 4.79 Å². The maximum Gasteiger partial charge on any atom is 0.264 e. The molecule has 3 heterocycles. The van der Waals surface area contributed by atoms with Gasteiger partial charge < -0.3 is 4.90 Å². The Bertz CT molecular complexity index is 812. The van der Waals surface area contributed by atoms with Crippen LogP contribution in [-0.2, 0) is 16.4 Å². The molecule has 0 aromatic carbocycles. The summed E-state index contributed by atoms with van der Waals surface area (Å²) in [5, 5.41) is 0.725. The molecule has 2 aromatic heterocycles. The van der Waals surface area contributed by atoms with Gasteiger partial charge in [0.15, 0.2) is 0 Å². The molecule has 1 saturated heterocycles. The number of rotatable bonds is 4. The number of hydrogen-bond donors (Lipinski definition) is 0. The number of thiophene rings is 2. The van der Waals surface area contributed by atoms with Crippen LogP contribution in [0.25, 0.3) is 9.40 Å². The van der Waals surface area contributed by atoms with Crippen LogP contribution in [0.3, 0.4) is 0 Å². The van der Waals surface area contributed by atoms with Gasteiger partial charge in [-0.05, 0) is 32.4 Å². The highest BCUT2D eigenvalue weighted by Crippen LogP contribution is 2.34. The first-order chi connectivity index (χ1) is 11.3. The van der Waals surface area contributed by atoms with E-state index >= 15 is 0 Å². The molecular formula is C16H22N2O3S3. The Balaban J connectivity index is 1.69. The molecule has 0 unspecified atom stereocenters. The highest BCUT2D eigenvalue weighted by atomic mass is 32.2. The molecule has 2 aromatic rings. The van der Waals surface area contributed by atoms with Crippen LogP contribution in [-0.4, -0.2) is 55.0 Å². The number of carbonyl (C=O) groups excluding carboxylic acids is 1. The number of sulfonamides is 1. The van der Waals surface area contributed by atoms with Crippen LogP contribution in [0.15, 0.2) is 12.1 Å². The van der Waals surface area contributed by atoms with Crippen LogP contribution in [0, 0.1) is 0 Å². The molecule has 0 radical (unpaired) electrons. The fourth-order valence-electron chi connectivity index (χ4n) is 2.77. The number of carbonyl (C=O) groups is 1. The third-order valence-electron chi connectivity index (χ3n) is 4.31. The lowest BCUT2D eigenvalue weighted by Crippen LogP contribution is -2.51. The third-order valence-corrected chi connectivity index (χ3v) is 9.11. The average molecular weight is 387 g/mol. The maximum absolute atomic E-state index is 12.7. The van der Waals surface area contributed by atoms with E-state index in [-0.39, 0.29) is 5.91 Å². The van der Waals surface area contributed by atoms with E-state index < -0.39 is 15.3 Å². The van der Waals surface area contributed by atoms with Crippen molar-refractivity contribution in [3.63, 3.8) is 0 Å². The van der Waals surface area contributed by atoms with Crippen molar-refractivity contribution in [3.05, 3.63) is 21.9 Å². The predicted octanol–water partition coefficient (Wildman–Crippen LogP) is 3.02. The summed E-state index contributed by atoms with van der Waals surface area (Å²) in [7, 11) is -3.23. The first-order valence-corrected chi connectivity index (χ1v) is 11.3. The van der Waals surface area contributed by atoms with Gasteiger partial charge in [0.25, 0.3) is 5.91 Å². The van der Waals surface area contributed by atoms with E-state index in [4.69, 9.17) is 0 Å². The summed E-state index contributed by atoms with van der Waals surface area (Å²) < 4.78 is 27.1. The fourth-order valence-corrected chi connectivity index (χ4v) is 6.44. The Morgan fingerprint density at radius 2 is 1.83 bits per heavy atom. The summed E-state index contributed by atoms with van der Waals surface area (Å²) in [6.45, 7) is 7.18. The van der Waals surface area contributed by atoms with Crippen molar-refractivity contribution in [2.24, 2.45) is 0 Å². The van der Waals surface area contributed by atoms with Crippen LogP contribution >= 0.6 is 22.7 Å².